The van der Waals surface area contributed by atoms with Crippen molar-refractivity contribution in [1.82, 2.24) is 9.80 Å². The van der Waals surface area contributed by atoms with Crippen molar-refractivity contribution in [3.63, 3.8) is 0 Å². The molecule has 1 aromatic carbocycles. The first kappa shape index (κ1) is 17.1. The van der Waals surface area contributed by atoms with Crippen molar-refractivity contribution in [3.05, 3.63) is 53.5 Å². The van der Waals surface area contributed by atoms with Crippen molar-refractivity contribution in [2.24, 2.45) is 0 Å². The van der Waals surface area contributed by atoms with Crippen LogP contribution in [0.4, 0.5) is 0 Å². The lowest BCUT2D eigenvalue weighted by molar-refractivity contribution is -0.134. The Kier molecular flexibility index (Phi) is 5.07. The van der Waals surface area contributed by atoms with Crippen molar-refractivity contribution >= 4 is 11.8 Å². The second-order valence-electron chi connectivity index (χ2n) is 6.24. The van der Waals surface area contributed by atoms with Gasteiger partial charge in [0.15, 0.2) is 6.61 Å². The maximum Gasteiger partial charge on any atom is 0.260 e. The SMILES string of the molecule is Cc1ccc(OCC(=O)N2CCN(C(=O)c3ccoc3)CC2)c(C)c1. The van der Waals surface area contributed by atoms with Gasteiger partial charge in [0, 0.05) is 26.2 Å². The summed E-state index contributed by atoms with van der Waals surface area (Å²) in [5.74, 6) is 0.607. The summed E-state index contributed by atoms with van der Waals surface area (Å²) < 4.78 is 10.6. The highest BCUT2D eigenvalue weighted by molar-refractivity contribution is 5.94. The summed E-state index contributed by atoms with van der Waals surface area (Å²) in [6, 6.07) is 7.53. The first-order chi connectivity index (χ1) is 12.0. The third-order valence-electron chi connectivity index (χ3n) is 4.37. The number of carbonyl (C=O) groups is 2. The van der Waals surface area contributed by atoms with Gasteiger partial charge in [-0.25, -0.2) is 0 Å². The van der Waals surface area contributed by atoms with E-state index in [1.165, 1.54) is 12.5 Å². The highest BCUT2D eigenvalue weighted by Crippen LogP contribution is 2.19. The Balaban J connectivity index is 1.49. The highest BCUT2D eigenvalue weighted by Gasteiger charge is 2.25. The first-order valence-corrected chi connectivity index (χ1v) is 8.34. The van der Waals surface area contributed by atoms with E-state index in [0.717, 1.165) is 16.9 Å². The topological polar surface area (TPSA) is 63.0 Å². The van der Waals surface area contributed by atoms with Gasteiger partial charge in [0.25, 0.3) is 11.8 Å². The van der Waals surface area contributed by atoms with Crippen molar-refractivity contribution < 1.29 is 18.7 Å². The zero-order chi connectivity index (χ0) is 17.8. The van der Waals surface area contributed by atoms with Crippen LogP contribution in [0.3, 0.4) is 0 Å². The fourth-order valence-corrected chi connectivity index (χ4v) is 2.92. The normalized spacial score (nSPS) is 14.5. The predicted octanol–water partition coefficient (Wildman–Crippen LogP) is 2.26. The van der Waals surface area contributed by atoms with Crippen LogP contribution in [0.2, 0.25) is 0 Å². The zero-order valence-corrected chi connectivity index (χ0v) is 14.5. The third kappa shape index (κ3) is 4.02. The Morgan fingerprint density at radius 1 is 1.08 bits per heavy atom. The molecule has 0 bridgehead atoms. The number of aryl methyl sites for hydroxylation is 2. The number of piperazine rings is 1. The molecule has 0 aliphatic carbocycles. The first-order valence-electron chi connectivity index (χ1n) is 8.34. The molecule has 1 aliphatic heterocycles. The fraction of sp³-hybridized carbons (Fsp3) is 0.368. The van der Waals surface area contributed by atoms with Crippen molar-refractivity contribution in [3.8, 4) is 5.75 Å². The monoisotopic (exact) mass is 342 g/mol. The minimum absolute atomic E-state index is 0.0135. The Morgan fingerprint density at radius 2 is 1.80 bits per heavy atom. The van der Waals surface area contributed by atoms with E-state index in [9.17, 15) is 9.59 Å². The molecule has 2 aromatic rings. The van der Waals surface area contributed by atoms with Crippen LogP contribution < -0.4 is 4.74 Å². The van der Waals surface area contributed by atoms with Gasteiger partial charge in [0.1, 0.15) is 12.0 Å². The molecule has 1 saturated heterocycles. The van der Waals surface area contributed by atoms with Crippen molar-refractivity contribution in [2.45, 2.75) is 13.8 Å². The minimum atomic E-state index is -0.0626. The van der Waals surface area contributed by atoms with Crippen molar-refractivity contribution in [1.29, 1.82) is 0 Å². The van der Waals surface area contributed by atoms with E-state index in [2.05, 4.69) is 0 Å². The van der Waals surface area contributed by atoms with Crippen LogP contribution in [0.25, 0.3) is 0 Å². The number of furan rings is 1. The van der Waals surface area contributed by atoms with Gasteiger partial charge in [-0.15, -0.1) is 0 Å². The lowest BCUT2D eigenvalue weighted by Crippen LogP contribution is -2.51. The molecule has 25 heavy (non-hydrogen) atoms. The van der Waals surface area contributed by atoms with Crippen LogP contribution in [0.5, 0.6) is 5.75 Å². The summed E-state index contributed by atoms with van der Waals surface area (Å²) in [5, 5.41) is 0. The number of rotatable bonds is 4. The van der Waals surface area contributed by atoms with Gasteiger partial charge in [-0.05, 0) is 31.5 Å². The molecule has 2 amide bonds. The molecule has 6 nitrogen and oxygen atoms in total. The molecule has 0 spiro atoms. The van der Waals surface area contributed by atoms with E-state index >= 15 is 0 Å². The van der Waals surface area contributed by atoms with Gasteiger partial charge in [-0.1, -0.05) is 17.7 Å². The molecule has 0 N–H and O–H groups in total. The summed E-state index contributed by atoms with van der Waals surface area (Å²) in [6.07, 6.45) is 2.93. The molecule has 1 aliphatic rings. The molecule has 0 saturated carbocycles. The molecule has 0 radical (unpaired) electrons. The standard InChI is InChI=1S/C19H22N2O4/c1-14-3-4-17(15(2)11-14)25-13-18(22)20-6-8-21(9-7-20)19(23)16-5-10-24-12-16/h3-5,10-12H,6-9,13H2,1-2H3. The van der Waals surface area contributed by atoms with Crippen LogP contribution >= 0.6 is 0 Å². The average molecular weight is 342 g/mol. The summed E-state index contributed by atoms with van der Waals surface area (Å²) in [4.78, 5) is 28.1. The Bertz CT molecular complexity index is 747. The van der Waals surface area contributed by atoms with Gasteiger partial charge in [0.05, 0.1) is 11.8 Å². The average Bonchev–Trinajstić information content (AvgIpc) is 3.15. The summed E-state index contributed by atoms with van der Waals surface area (Å²) in [6.45, 7) is 6.05. The molecule has 3 rings (SSSR count). The quantitative estimate of drug-likeness (QED) is 0.855. The third-order valence-corrected chi connectivity index (χ3v) is 4.37. The van der Waals surface area contributed by atoms with Gasteiger partial charge in [-0.2, -0.15) is 0 Å². The van der Waals surface area contributed by atoms with Gasteiger partial charge < -0.3 is 19.0 Å². The van der Waals surface area contributed by atoms with Gasteiger partial charge in [0.2, 0.25) is 0 Å². The largest absolute Gasteiger partial charge is 0.484 e. The van der Waals surface area contributed by atoms with E-state index in [1.54, 1.807) is 15.9 Å². The number of amides is 2. The number of hydrogen-bond acceptors (Lipinski definition) is 4. The Morgan fingerprint density at radius 3 is 2.44 bits per heavy atom. The fourth-order valence-electron chi connectivity index (χ4n) is 2.92. The smallest absolute Gasteiger partial charge is 0.260 e. The molecule has 1 fully saturated rings. The van der Waals surface area contributed by atoms with E-state index in [1.807, 2.05) is 32.0 Å². The van der Waals surface area contributed by atoms with Crippen LogP contribution in [0.15, 0.2) is 41.2 Å². The molecule has 2 heterocycles. The lowest BCUT2D eigenvalue weighted by atomic mass is 10.1. The minimum Gasteiger partial charge on any atom is -0.484 e. The number of ether oxygens (including phenoxy) is 1. The van der Waals surface area contributed by atoms with Crippen LogP contribution in [-0.2, 0) is 4.79 Å². The highest BCUT2D eigenvalue weighted by atomic mass is 16.5. The second kappa shape index (κ2) is 7.42. The number of benzene rings is 1. The Labute approximate surface area is 147 Å². The molecular formula is C19H22N2O4. The van der Waals surface area contributed by atoms with E-state index < -0.39 is 0 Å². The van der Waals surface area contributed by atoms with Crippen molar-refractivity contribution in [2.75, 3.05) is 32.8 Å². The molecule has 6 heteroatoms. The number of nitrogens with zero attached hydrogens (tertiary/aromatic N) is 2. The molecule has 132 valence electrons. The molecule has 1 aromatic heterocycles. The summed E-state index contributed by atoms with van der Waals surface area (Å²) in [7, 11) is 0. The van der Waals surface area contributed by atoms with Crippen LogP contribution in [0, 0.1) is 13.8 Å². The van der Waals surface area contributed by atoms with E-state index in [0.29, 0.717) is 31.7 Å². The summed E-state index contributed by atoms with van der Waals surface area (Å²) in [5.41, 5.74) is 2.72. The second-order valence-corrected chi connectivity index (χ2v) is 6.24. The van der Waals surface area contributed by atoms with E-state index in [-0.39, 0.29) is 18.4 Å². The zero-order valence-electron chi connectivity index (χ0n) is 14.5. The molecular weight excluding hydrogens is 320 g/mol. The van der Waals surface area contributed by atoms with Crippen LogP contribution in [0.1, 0.15) is 21.5 Å². The predicted molar refractivity (Wildman–Crippen MR) is 92.6 cm³/mol. The maximum absolute atomic E-state index is 12.3. The molecule has 0 unspecified atom stereocenters. The summed E-state index contributed by atoms with van der Waals surface area (Å²) >= 11 is 0. The number of hydrogen-bond donors (Lipinski definition) is 0. The van der Waals surface area contributed by atoms with Gasteiger partial charge >= 0.3 is 0 Å². The van der Waals surface area contributed by atoms with Gasteiger partial charge in [-0.3, -0.25) is 9.59 Å². The number of carbonyl (C=O) groups excluding carboxylic acids is 2. The Hall–Kier alpha value is -2.76. The lowest BCUT2D eigenvalue weighted by Gasteiger charge is -2.34. The maximum atomic E-state index is 12.3. The van der Waals surface area contributed by atoms with Crippen LogP contribution in [-0.4, -0.2) is 54.4 Å². The van der Waals surface area contributed by atoms with E-state index in [4.69, 9.17) is 9.15 Å². The molecule has 0 atom stereocenters.